The molecule has 0 saturated heterocycles. The Morgan fingerprint density at radius 1 is 1.10 bits per heavy atom. The topological polar surface area (TPSA) is 132 Å². The molecule has 0 fully saturated rings. The predicted molar refractivity (Wildman–Crippen MR) is 135 cm³/mol. The molecule has 200 valence electrons. The third-order valence-corrected chi connectivity index (χ3v) is 5.46. The lowest BCUT2D eigenvalue weighted by Gasteiger charge is -2.14. The highest BCUT2D eigenvalue weighted by Crippen LogP contribution is 2.42. The van der Waals surface area contributed by atoms with Crippen molar-refractivity contribution in [2.24, 2.45) is 0 Å². The number of halogens is 5. The highest BCUT2D eigenvalue weighted by Gasteiger charge is 2.33. The number of methoxy groups -OCH3 is 1. The summed E-state index contributed by atoms with van der Waals surface area (Å²) in [5, 5.41) is 23.3. The van der Waals surface area contributed by atoms with E-state index in [1.165, 1.54) is 43.5 Å². The first-order valence-electron chi connectivity index (χ1n) is 10.5. The van der Waals surface area contributed by atoms with Crippen LogP contribution in [-0.4, -0.2) is 23.9 Å². The van der Waals surface area contributed by atoms with Crippen LogP contribution in [0.3, 0.4) is 0 Å². The quantitative estimate of drug-likeness (QED) is 0.104. The van der Waals surface area contributed by atoms with E-state index in [0.29, 0.717) is 12.1 Å². The molecule has 0 aliphatic rings. The van der Waals surface area contributed by atoms with E-state index in [-0.39, 0.29) is 32.6 Å². The van der Waals surface area contributed by atoms with E-state index < -0.39 is 45.5 Å². The second-order valence-electron chi connectivity index (χ2n) is 7.54. The van der Waals surface area contributed by atoms with E-state index in [1.807, 2.05) is 0 Å². The van der Waals surface area contributed by atoms with Crippen LogP contribution in [0, 0.1) is 21.4 Å². The van der Waals surface area contributed by atoms with Crippen LogP contribution in [0.2, 0.25) is 10.0 Å². The largest absolute Gasteiger partial charge is 0.465 e. The summed E-state index contributed by atoms with van der Waals surface area (Å²) >= 11 is 12.2. The van der Waals surface area contributed by atoms with Crippen molar-refractivity contribution in [2.75, 3.05) is 12.4 Å². The average Bonchev–Trinajstić information content (AvgIpc) is 2.88. The molecule has 0 aliphatic carbocycles. The molecule has 0 aromatic heterocycles. The minimum Gasteiger partial charge on any atom is -0.465 e. The number of alkyl halides is 3. The first-order valence-corrected chi connectivity index (χ1v) is 11.2. The number of nitrogens with zero attached hydrogens (tertiary/aromatic N) is 2. The van der Waals surface area contributed by atoms with Gasteiger partial charge in [-0.1, -0.05) is 23.2 Å². The second-order valence-corrected chi connectivity index (χ2v) is 8.38. The summed E-state index contributed by atoms with van der Waals surface area (Å²) in [6, 6.07) is 11.3. The number of carbonyl (C=O) groups is 2. The van der Waals surface area contributed by atoms with Crippen LogP contribution >= 0.6 is 23.2 Å². The normalized spacial score (nSPS) is 11.4. The van der Waals surface area contributed by atoms with Gasteiger partial charge in [0.25, 0.3) is 5.91 Å². The minimum atomic E-state index is -4.84. The molecule has 14 heteroatoms. The van der Waals surface area contributed by atoms with E-state index in [0.717, 1.165) is 12.1 Å². The smallest absolute Gasteiger partial charge is 0.416 e. The number of ether oxygens (including phenoxy) is 2. The van der Waals surface area contributed by atoms with Crippen molar-refractivity contribution in [3.8, 4) is 17.6 Å². The number of carbonyl (C=O) groups excluding carboxylic acids is 2. The average molecular weight is 580 g/mol. The van der Waals surface area contributed by atoms with Gasteiger partial charge in [0, 0.05) is 22.3 Å². The monoisotopic (exact) mass is 579 g/mol. The Labute approximate surface area is 228 Å². The number of hydrogen-bond donors (Lipinski definition) is 1. The fraction of sp³-hybridized carbons (Fsp3) is 0.0800. The lowest BCUT2D eigenvalue weighted by atomic mass is 10.1. The number of nitriles is 1. The first-order chi connectivity index (χ1) is 18.3. The molecule has 1 amide bonds. The van der Waals surface area contributed by atoms with Gasteiger partial charge in [0.2, 0.25) is 5.75 Å². The highest BCUT2D eigenvalue weighted by molar-refractivity contribution is 6.36. The Bertz CT molecular complexity index is 1530. The summed E-state index contributed by atoms with van der Waals surface area (Å²) in [4.78, 5) is 34.7. The number of nitro benzene ring substituents is 1. The summed E-state index contributed by atoms with van der Waals surface area (Å²) in [5.41, 5.74) is -2.37. The van der Waals surface area contributed by atoms with Crippen LogP contribution in [0.5, 0.6) is 11.5 Å². The number of esters is 1. The van der Waals surface area contributed by atoms with Crippen molar-refractivity contribution >= 4 is 52.5 Å². The van der Waals surface area contributed by atoms with Gasteiger partial charge in [-0.05, 0) is 54.6 Å². The summed E-state index contributed by atoms with van der Waals surface area (Å²) in [7, 11) is 1.21. The number of hydrogen-bond acceptors (Lipinski definition) is 7. The van der Waals surface area contributed by atoms with Gasteiger partial charge in [0.1, 0.15) is 11.6 Å². The van der Waals surface area contributed by atoms with E-state index >= 15 is 0 Å². The summed E-state index contributed by atoms with van der Waals surface area (Å²) in [6.45, 7) is 0. The lowest BCUT2D eigenvalue weighted by Crippen LogP contribution is -2.13. The molecule has 0 heterocycles. The zero-order valence-corrected chi connectivity index (χ0v) is 21.0. The maximum atomic E-state index is 13.1. The first kappa shape index (κ1) is 29.0. The van der Waals surface area contributed by atoms with Crippen LogP contribution < -0.4 is 10.1 Å². The number of nitrogens with one attached hydrogen (secondary N) is 1. The Kier molecular flexibility index (Phi) is 8.80. The molecule has 3 aromatic rings. The molecule has 3 rings (SSSR count). The lowest BCUT2D eigenvalue weighted by molar-refractivity contribution is -0.385. The van der Waals surface area contributed by atoms with Gasteiger partial charge in [0.05, 0.1) is 28.2 Å². The predicted octanol–water partition coefficient (Wildman–Crippen LogP) is 7.04. The second kappa shape index (κ2) is 11.8. The molecule has 3 aromatic carbocycles. The molecule has 9 nitrogen and oxygen atoms in total. The minimum absolute atomic E-state index is 0.0385. The fourth-order valence-corrected chi connectivity index (χ4v) is 3.69. The Morgan fingerprint density at radius 3 is 2.33 bits per heavy atom. The number of benzene rings is 3. The van der Waals surface area contributed by atoms with Crippen LogP contribution in [0.4, 0.5) is 24.5 Å². The molecule has 0 saturated carbocycles. The number of nitro groups is 1. The maximum absolute atomic E-state index is 13.1. The molecular weight excluding hydrogens is 566 g/mol. The SMILES string of the molecule is COC(=O)c1ccc(NC(=O)/C(C#N)=C/c2cc(Cl)cc(Cl)c2Oc2ccc(C(F)(F)F)cc2[N+](=O)[O-])cc1. The number of amides is 1. The summed E-state index contributed by atoms with van der Waals surface area (Å²) < 4.78 is 49.3. The standard InChI is InChI=1S/C25H14Cl2F3N3O6/c1-38-24(35)13-2-5-18(6-3-13)32-23(34)15(12-31)8-14-9-17(26)11-19(27)22(14)39-21-7-4-16(25(28,29)30)10-20(21)33(36)37/h2-11H,1H3,(H,32,34)/b15-8+. The Hall–Kier alpha value is -4.60. The summed E-state index contributed by atoms with van der Waals surface area (Å²) in [5.74, 6) is -2.37. The van der Waals surface area contributed by atoms with E-state index in [1.54, 1.807) is 6.07 Å². The van der Waals surface area contributed by atoms with Crippen molar-refractivity contribution in [1.29, 1.82) is 5.26 Å². The van der Waals surface area contributed by atoms with Crippen LogP contribution in [0.15, 0.2) is 60.2 Å². The zero-order chi connectivity index (χ0) is 28.9. The van der Waals surface area contributed by atoms with Gasteiger partial charge >= 0.3 is 17.8 Å². The van der Waals surface area contributed by atoms with Crippen LogP contribution in [0.1, 0.15) is 21.5 Å². The highest BCUT2D eigenvalue weighted by atomic mass is 35.5. The van der Waals surface area contributed by atoms with Crippen molar-refractivity contribution in [1.82, 2.24) is 0 Å². The molecule has 39 heavy (non-hydrogen) atoms. The van der Waals surface area contributed by atoms with E-state index in [4.69, 9.17) is 27.9 Å². The molecular formula is C25H14Cl2F3N3O6. The summed E-state index contributed by atoms with van der Waals surface area (Å²) in [6.07, 6.45) is -3.81. The zero-order valence-electron chi connectivity index (χ0n) is 19.5. The molecule has 0 bridgehead atoms. The van der Waals surface area contributed by atoms with E-state index in [9.17, 15) is 38.1 Å². The van der Waals surface area contributed by atoms with Gasteiger partial charge in [0.15, 0.2) is 5.75 Å². The molecule has 0 spiro atoms. The van der Waals surface area contributed by atoms with Gasteiger partial charge in [-0.2, -0.15) is 18.4 Å². The van der Waals surface area contributed by atoms with Gasteiger partial charge in [-0.15, -0.1) is 0 Å². The van der Waals surface area contributed by atoms with Crippen LogP contribution in [0.25, 0.3) is 6.08 Å². The third kappa shape index (κ3) is 7.04. The molecule has 0 unspecified atom stereocenters. The third-order valence-electron chi connectivity index (χ3n) is 4.96. The number of anilines is 1. The fourth-order valence-electron chi connectivity index (χ4n) is 3.14. The molecule has 1 N–H and O–H groups in total. The van der Waals surface area contributed by atoms with Crippen molar-refractivity contribution < 1.29 is 37.2 Å². The number of rotatable bonds is 7. The van der Waals surface area contributed by atoms with Crippen molar-refractivity contribution in [3.63, 3.8) is 0 Å². The molecule has 0 aliphatic heterocycles. The van der Waals surface area contributed by atoms with Gasteiger partial charge in [-0.3, -0.25) is 14.9 Å². The van der Waals surface area contributed by atoms with E-state index in [2.05, 4.69) is 10.1 Å². The van der Waals surface area contributed by atoms with Crippen molar-refractivity contribution in [3.05, 3.63) is 97.0 Å². The van der Waals surface area contributed by atoms with Crippen molar-refractivity contribution in [2.45, 2.75) is 6.18 Å². The van der Waals surface area contributed by atoms with Crippen LogP contribution in [-0.2, 0) is 15.7 Å². The molecule has 0 radical (unpaired) electrons. The van der Waals surface area contributed by atoms with Gasteiger partial charge in [-0.25, -0.2) is 4.79 Å². The maximum Gasteiger partial charge on any atom is 0.416 e. The Morgan fingerprint density at radius 2 is 1.77 bits per heavy atom. The van der Waals surface area contributed by atoms with Gasteiger partial charge < -0.3 is 14.8 Å². The molecule has 0 atom stereocenters. The Balaban J connectivity index is 1.99.